The van der Waals surface area contributed by atoms with Crippen molar-refractivity contribution in [3.05, 3.63) is 29.3 Å². The predicted molar refractivity (Wildman–Crippen MR) is 62.9 cm³/mol. The fourth-order valence-corrected chi connectivity index (χ4v) is 2.90. The molecule has 1 fully saturated rings. The van der Waals surface area contributed by atoms with E-state index in [0.717, 1.165) is 18.4 Å². The van der Waals surface area contributed by atoms with Crippen molar-refractivity contribution in [3.63, 3.8) is 0 Å². The number of nitrogens with two attached hydrogens (primary N) is 1. The third-order valence-electron chi connectivity index (χ3n) is 3.78. The van der Waals surface area contributed by atoms with Crippen LogP contribution in [0.1, 0.15) is 36.3 Å². The van der Waals surface area contributed by atoms with Crippen molar-refractivity contribution < 1.29 is 4.39 Å². The molecular weight excluding hydrogens is 217 g/mol. The first-order chi connectivity index (χ1) is 8.15. The Morgan fingerprint density at radius 3 is 3.12 bits per heavy atom. The summed E-state index contributed by atoms with van der Waals surface area (Å²) in [6.45, 7) is 0. The molecule has 2 aliphatic rings. The quantitative estimate of drug-likeness (QED) is 0.743. The first-order valence-electron chi connectivity index (χ1n) is 5.73. The van der Waals surface area contributed by atoms with Crippen molar-refractivity contribution in [2.75, 3.05) is 0 Å². The maximum absolute atomic E-state index is 14.7. The number of rotatable bonds is 0. The Morgan fingerprint density at radius 1 is 1.53 bits per heavy atom. The molecule has 1 aromatic rings. The van der Waals surface area contributed by atoms with Crippen LogP contribution in [-0.2, 0) is 0 Å². The number of halogens is 1. The SMILES string of the molecule is N#Cc1ccc2c(c1)C1CCCC1(F)C(N)=N2. The van der Waals surface area contributed by atoms with Gasteiger partial charge >= 0.3 is 0 Å². The van der Waals surface area contributed by atoms with E-state index in [1.165, 1.54) is 0 Å². The summed E-state index contributed by atoms with van der Waals surface area (Å²) in [5, 5.41) is 8.89. The van der Waals surface area contributed by atoms with Gasteiger partial charge in [0, 0.05) is 5.92 Å². The van der Waals surface area contributed by atoms with Crippen LogP contribution in [0.4, 0.5) is 10.1 Å². The van der Waals surface area contributed by atoms with E-state index in [4.69, 9.17) is 11.0 Å². The maximum atomic E-state index is 14.7. The molecule has 1 heterocycles. The highest BCUT2D eigenvalue weighted by molar-refractivity contribution is 5.95. The Labute approximate surface area is 98.8 Å². The van der Waals surface area contributed by atoms with Crippen molar-refractivity contribution in [1.82, 2.24) is 0 Å². The summed E-state index contributed by atoms with van der Waals surface area (Å²) in [7, 11) is 0. The number of nitriles is 1. The largest absolute Gasteiger partial charge is 0.384 e. The zero-order chi connectivity index (χ0) is 12.0. The lowest BCUT2D eigenvalue weighted by atomic mass is 9.82. The Bertz CT molecular complexity index is 558. The third-order valence-corrected chi connectivity index (χ3v) is 3.78. The molecule has 86 valence electrons. The van der Waals surface area contributed by atoms with Crippen LogP contribution in [0.2, 0.25) is 0 Å². The first kappa shape index (κ1) is 10.3. The van der Waals surface area contributed by atoms with Crippen LogP contribution in [0.25, 0.3) is 0 Å². The topological polar surface area (TPSA) is 62.2 Å². The lowest BCUT2D eigenvalue weighted by Crippen LogP contribution is -2.43. The smallest absolute Gasteiger partial charge is 0.174 e. The maximum Gasteiger partial charge on any atom is 0.174 e. The fraction of sp³-hybridized carbons (Fsp3) is 0.385. The standard InChI is InChI=1S/C13H12FN3/c14-13-5-1-2-10(13)9-6-8(7-15)3-4-11(9)17-12(13)16/h3-4,6,10H,1-2,5H2,(H2,16,17). The van der Waals surface area contributed by atoms with E-state index in [1.54, 1.807) is 18.2 Å². The summed E-state index contributed by atoms with van der Waals surface area (Å²) in [6.07, 6.45) is 2.02. The van der Waals surface area contributed by atoms with Crippen molar-refractivity contribution in [1.29, 1.82) is 5.26 Å². The number of aliphatic imine (C=N–C) groups is 1. The number of benzene rings is 1. The minimum atomic E-state index is -1.50. The fourth-order valence-electron chi connectivity index (χ4n) is 2.90. The highest BCUT2D eigenvalue weighted by atomic mass is 19.1. The average molecular weight is 229 g/mol. The lowest BCUT2D eigenvalue weighted by Gasteiger charge is -2.31. The summed E-state index contributed by atoms with van der Waals surface area (Å²) in [5.41, 5.74) is 6.34. The molecule has 17 heavy (non-hydrogen) atoms. The number of hydrogen-bond acceptors (Lipinski definition) is 3. The molecule has 0 saturated heterocycles. The van der Waals surface area contributed by atoms with Crippen LogP contribution >= 0.6 is 0 Å². The zero-order valence-corrected chi connectivity index (χ0v) is 9.28. The highest BCUT2D eigenvalue weighted by Crippen LogP contribution is 2.51. The van der Waals surface area contributed by atoms with Gasteiger partial charge in [-0.05, 0) is 43.0 Å². The molecule has 0 amide bonds. The summed E-state index contributed by atoms with van der Waals surface area (Å²) in [4.78, 5) is 4.15. The van der Waals surface area contributed by atoms with Gasteiger partial charge < -0.3 is 5.73 Å². The number of hydrogen-bond donors (Lipinski definition) is 1. The molecule has 1 saturated carbocycles. The summed E-state index contributed by atoms with van der Waals surface area (Å²) in [6, 6.07) is 7.26. The Kier molecular flexibility index (Phi) is 1.99. The lowest BCUT2D eigenvalue weighted by molar-refractivity contribution is 0.232. The zero-order valence-electron chi connectivity index (χ0n) is 9.28. The van der Waals surface area contributed by atoms with E-state index in [9.17, 15) is 4.39 Å². The van der Waals surface area contributed by atoms with Crippen molar-refractivity contribution in [2.24, 2.45) is 10.7 Å². The van der Waals surface area contributed by atoms with Gasteiger partial charge in [-0.15, -0.1) is 0 Å². The molecule has 3 rings (SSSR count). The first-order valence-corrected chi connectivity index (χ1v) is 5.73. The number of nitrogens with zero attached hydrogens (tertiary/aromatic N) is 2. The van der Waals surface area contributed by atoms with Crippen molar-refractivity contribution >= 4 is 11.5 Å². The van der Waals surface area contributed by atoms with Gasteiger partial charge in [-0.1, -0.05) is 0 Å². The molecule has 1 aliphatic carbocycles. The molecule has 2 atom stereocenters. The number of alkyl halides is 1. The molecule has 3 nitrogen and oxygen atoms in total. The van der Waals surface area contributed by atoms with Gasteiger partial charge in [0.2, 0.25) is 0 Å². The highest BCUT2D eigenvalue weighted by Gasteiger charge is 2.50. The Hall–Kier alpha value is -1.89. The van der Waals surface area contributed by atoms with E-state index in [2.05, 4.69) is 11.1 Å². The van der Waals surface area contributed by atoms with Crippen LogP contribution in [-0.4, -0.2) is 11.5 Å². The summed E-state index contributed by atoms with van der Waals surface area (Å²) >= 11 is 0. The van der Waals surface area contributed by atoms with Crippen molar-refractivity contribution in [2.45, 2.75) is 30.8 Å². The second-order valence-corrected chi connectivity index (χ2v) is 4.69. The molecule has 0 bridgehead atoms. The summed E-state index contributed by atoms with van der Waals surface area (Å²) in [5.74, 6) is -0.138. The van der Waals surface area contributed by atoms with Crippen LogP contribution < -0.4 is 5.73 Å². The van der Waals surface area contributed by atoms with Gasteiger partial charge in [0.15, 0.2) is 5.67 Å². The van der Waals surface area contributed by atoms with Crippen LogP contribution in [0.3, 0.4) is 0 Å². The normalized spacial score (nSPS) is 30.1. The minimum Gasteiger partial charge on any atom is -0.384 e. The van der Waals surface area contributed by atoms with E-state index in [-0.39, 0.29) is 11.8 Å². The van der Waals surface area contributed by atoms with Crippen LogP contribution in [0.5, 0.6) is 0 Å². The molecule has 1 aliphatic heterocycles. The van der Waals surface area contributed by atoms with Crippen LogP contribution in [0.15, 0.2) is 23.2 Å². The Morgan fingerprint density at radius 2 is 2.35 bits per heavy atom. The molecular formula is C13H12FN3. The van der Waals surface area contributed by atoms with Crippen LogP contribution in [0, 0.1) is 11.3 Å². The predicted octanol–water partition coefficient (Wildman–Crippen LogP) is 2.54. The molecule has 0 aromatic heterocycles. The van der Waals surface area contributed by atoms with Gasteiger partial charge in [0.1, 0.15) is 5.84 Å². The van der Waals surface area contributed by atoms with E-state index >= 15 is 0 Å². The molecule has 4 heteroatoms. The third kappa shape index (κ3) is 1.29. The molecule has 0 spiro atoms. The number of fused-ring (bicyclic) bond motifs is 3. The van der Waals surface area contributed by atoms with Gasteiger partial charge in [-0.2, -0.15) is 5.26 Å². The number of amidine groups is 1. The van der Waals surface area contributed by atoms with Gasteiger partial charge in [0.25, 0.3) is 0 Å². The van der Waals surface area contributed by atoms with Gasteiger partial charge in [-0.25, -0.2) is 9.38 Å². The van der Waals surface area contributed by atoms with Crippen molar-refractivity contribution in [3.8, 4) is 6.07 Å². The van der Waals surface area contributed by atoms with E-state index in [0.29, 0.717) is 17.7 Å². The second kappa shape index (κ2) is 3.30. The minimum absolute atomic E-state index is 0.0946. The molecule has 2 unspecified atom stereocenters. The van der Waals surface area contributed by atoms with Gasteiger partial charge in [0.05, 0.1) is 17.3 Å². The van der Waals surface area contributed by atoms with E-state index in [1.807, 2.05) is 0 Å². The molecule has 1 aromatic carbocycles. The van der Waals surface area contributed by atoms with E-state index < -0.39 is 5.67 Å². The second-order valence-electron chi connectivity index (χ2n) is 4.69. The average Bonchev–Trinajstić information content (AvgIpc) is 2.73. The molecule has 2 N–H and O–H groups in total. The summed E-state index contributed by atoms with van der Waals surface area (Å²) < 4.78 is 14.7. The van der Waals surface area contributed by atoms with Gasteiger partial charge in [-0.3, -0.25) is 0 Å². The molecule has 0 radical (unpaired) electrons. The monoisotopic (exact) mass is 229 g/mol. The Balaban J connectivity index is 2.21.